The van der Waals surface area contributed by atoms with Gasteiger partial charge >= 0.3 is 6.18 Å². The van der Waals surface area contributed by atoms with Gasteiger partial charge in [-0.25, -0.2) is 18.2 Å². The number of halogens is 6. The van der Waals surface area contributed by atoms with Crippen LogP contribution in [-0.4, -0.2) is 19.6 Å². The number of carbonyl (C=O) groups is 1. The summed E-state index contributed by atoms with van der Waals surface area (Å²) in [5.41, 5.74) is 4.92. The number of alkyl halides is 3. The van der Waals surface area contributed by atoms with Crippen molar-refractivity contribution in [1.82, 2.24) is 13.8 Å². The molecule has 0 spiro atoms. The fourth-order valence-electron chi connectivity index (χ4n) is 4.13. The van der Waals surface area contributed by atoms with Gasteiger partial charge in [-0.1, -0.05) is 6.07 Å². The smallest absolute Gasteiger partial charge is 0.395 e. The third kappa shape index (κ3) is 3.42. The standard InChI is InChI=1S/C24H14F6N4O/c1-11-9-32-23-21(31)19(14(10-34(11)23)24(28,29)30)13-3-2-6-33-17(13)4-5-18(33)22(35)12-7-15(25)20(27)16(26)8-12/h2-10H,31H2,1H3. The first-order valence-electron chi connectivity index (χ1n) is 10.1. The summed E-state index contributed by atoms with van der Waals surface area (Å²) in [6.07, 6.45) is -1.06. The van der Waals surface area contributed by atoms with Crippen LogP contribution in [0.15, 0.2) is 55.0 Å². The van der Waals surface area contributed by atoms with Crippen LogP contribution in [-0.2, 0) is 6.18 Å². The van der Waals surface area contributed by atoms with Gasteiger partial charge in [-0.15, -0.1) is 0 Å². The number of rotatable bonds is 3. The van der Waals surface area contributed by atoms with Crippen LogP contribution in [0.4, 0.5) is 32.0 Å². The molecule has 0 unspecified atom stereocenters. The van der Waals surface area contributed by atoms with Gasteiger partial charge in [-0.3, -0.25) is 4.79 Å². The van der Waals surface area contributed by atoms with Crippen molar-refractivity contribution in [2.24, 2.45) is 0 Å². The molecule has 4 heterocycles. The Kier molecular flexibility index (Phi) is 4.90. The number of fused-ring (bicyclic) bond motifs is 2. The molecule has 4 aromatic heterocycles. The Bertz CT molecular complexity index is 1640. The highest BCUT2D eigenvalue weighted by molar-refractivity contribution is 6.09. The Morgan fingerprint density at radius 3 is 2.37 bits per heavy atom. The van der Waals surface area contributed by atoms with E-state index >= 15 is 0 Å². The number of carbonyl (C=O) groups excluding carboxylic acids is 1. The first kappa shape index (κ1) is 22.5. The molecular formula is C24H14F6N4O. The maximum Gasteiger partial charge on any atom is 0.418 e. The molecule has 0 aliphatic carbocycles. The van der Waals surface area contributed by atoms with E-state index in [1.54, 1.807) is 6.92 Å². The summed E-state index contributed by atoms with van der Waals surface area (Å²) >= 11 is 0. The second-order valence-corrected chi connectivity index (χ2v) is 7.90. The average molecular weight is 488 g/mol. The minimum atomic E-state index is -4.77. The molecule has 0 saturated carbocycles. The molecule has 0 bridgehead atoms. The number of imidazole rings is 1. The zero-order valence-corrected chi connectivity index (χ0v) is 17.8. The van der Waals surface area contributed by atoms with Crippen molar-refractivity contribution in [2.45, 2.75) is 13.1 Å². The van der Waals surface area contributed by atoms with Crippen molar-refractivity contribution in [1.29, 1.82) is 0 Å². The number of pyridine rings is 2. The number of aromatic nitrogens is 3. The molecular weight excluding hydrogens is 474 g/mol. The van der Waals surface area contributed by atoms with Gasteiger partial charge < -0.3 is 14.5 Å². The van der Waals surface area contributed by atoms with Crippen LogP contribution in [0.3, 0.4) is 0 Å². The second-order valence-electron chi connectivity index (χ2n) is 7.90. The molecule has 0 radical (unpaired) electrons. The number of hydrogen-bond donors (Lipinski definition) is 1. The summed E-state index contributed by atoms with van der Waals surface area (Å²) in [5.74, 6) is -5.66. The predicted octanol–water partition coefficient (Wildman–Crippen LogP) is 5.81. The number of benzene rings is 1. The van der Waals surface area contributed by atoms with E-state index in [1.165, 1.54) is 45.5 Å². The van der Waals surface area contributed by atoms with Crippen molar-refractivity contribution in [2.75, 3.05) is 5.73 Å². The third-order valence-electron chi connectivity index (χ3n) is 5.77. The van der Waals surface area contributed by atoms with Crippen LogP contribution in [0.1, 0.15) is 27.3 Å². The summed E-state index contributed by atoms with van der Waals surface area (Å²) in [5, 5.41) is 0. The zero-order valence-electron chi connectivity index (χ0n) is 17.8. The lowest BCUT2D eigenvalue weighted by Crippen LogP contribution is -2.12. The van der Waals surface area contributed by atoms with E-state index in [1.807, 2.05) is 0 Å². The van der Waals surface area contributed by atoms with E-state index in [0.717, 1.165) is 6.20 Å². The maximum absolute atomic E-state index is 14.1. The van der Waals surface area contributed by atoms with Crippen molar-refractivity contribution in [3.05, 3.63) is 95.0 Å². The monoisotopic (exact) mass is 488 g/mol. The first-order valence-corrected chi connectivity index (χ1v) is 10.1. The maximum atomic E-state index is 14.1. The summed E-state index contributed by atoms with van der Waals surface area (Å²) < 4.78 is 85.4. The van der Waals surface area contributed by atoms with Gasteiger partial charge in [0.15, 0.2) is 23.1 Å². The zero-order chi connectivity index (χ0) is 25.2. The van der Waals surface area contributed by atoms with Crippen LogP contribution < -0.4 is 5.73 Å². The Morgan fingerprint density at radius 2 is 1.71 bits per heavy atom. The van der Waals surface area contributed by atoms with Crippen molar-refractivity contribution in [3.8, 4) is 11.1 Å². The van der Waals surface area contributed by atoms with Crippen LogP contribution >= 0.6 is 0 Å². The molecule has 5 rings (SSSR count). The van der Waals surface area contributed by atoms with Gasteiger partial charge in [0.1, 0.15) is 0 Å². The average Bonchev–Trinajstić information content (AvgIpc) is 3.40. The number of ketones is 1. The van der Waals surface area contributed by atoms with Crippen LogP contribution in [0.5, 0.6) is 0 Å². The molecule has 35 heavy (non-hydrogen) atoms. The second kappa shape index (κ2) is 7.62. The fourth-order valence-corrected chi connectivity index (χ4v) is 4.13. The highest BCUT2D eigenvalue weighted by Crippen LogP contribution is 2.43. The number of nitrogens with two attached hydrogens (primary N) is 1. The third-order valence-corrected chi connectivity index (χ3v) is 5.77. The van der Waals surface area contributed by atoms with Gasteiger partial charge in [0.05, 0.1) is 22.5 Å². The normalized spacial score (nSPS) is 12.1. The van der Waals surface area contributed by atoms with Gasteiger partial charge in [-0.2, -0.15) is 13.2 Å². The number of nitrogens with zero attached hydrogens (tertiary/aromatic N) is 3. The lowest BCUT2D eigenvalue weighted by Gasteiger charge is -2.18. The molecule has 11 heteroatoms. The van der Waals surface area contributed by atoms with Crippen molar-refractivity contribution in [3.63, 3.8) is 0 Å². The van der Waals surface area contributed by atoms with E-state index in [9.17, 15) is 31.1 Å². The summed E-state index contributed by atoms with van der Waals surface area (Å²) in [4.78, 5) is 17.1. The van der Waals surface area contributed by atoms with Crippen LogP contribution in [0, 0.1) is 24.4 Å². The van der Waals surface area contributed by atoms with E-state index in [0.29, 0.717) is 17.8 Å². The Labute approximate surface area is 193 Å². The summed E-state index contributed by atoms with van der Waals surface area (Å²) in [6.45, 7) is 1.59. The van der Waals surface area contributed by atoms with E-state index < -0.39 is 40.5 Å². The number of aryl methyl sites for hydroxylation is 1. The number of anilines is 1. The lowest BCUT2D eigenvalue weighted by atomic mass is 9.99. The lowest BCUT2D eigenvalue weighted by molar-refractivity contribution is -0.137. The largest absolute Gasteiger partial charge is 0.418 e. The molecule has 178 valence electrons. The minimum absolute atomic E-state index is 0.0657. The molecule has 0 aliphatic heterocycles. The van der Waals surface area contributed by atoms with E-state index in [4.69, 9.17) is 5.73 Å². The Hall–Kier alpha value is -4.28. The van der Waals surface area contributed by atoms with Crippen molar-refractivity contribution >= 4 is 22.6 Å². The molecule has 1 aromatic carbocycles. The van der Waals surface area contributed by atoms with Gasteiger partial charge in [0.2, 0.25) is 5.78 Å². The minimum Gasteiger partial charge on any atom is -0.395 e. The molecule has 5 aromatic rings. The van der Waals surface area contributed by atoms with Gasteiger partial charge in [0.25, 0.3) is 0 Å². The molecule has 2 N–H and O–H groups in total. The number of hydrogen-bond acceptors (Lipinski definition) is 3. The molecule has 0 amide bonds. The quantitative estimate of drug-likeness (QED) is 0.198. The van der Waals surface area contributed by atoms with E-state index in [-0.39, 0.29) is 33.7 Å². The highest BCUT2D eigenvalue weighted by Gasteiger charge is 2.37. The fraction of sp³-hybridized carbons (Fsp3) is 0.0833. The molecule has 0 aliphatic rings. The predicted molar refractivity (Wildman–Crippen MR) is 115 cm³/mol. The first-order chi connectivity index (χ1) is 16.5. The van der Waals surface area contributed by atoms with Crippen molar-refractivity contribution < 1.29 is 31.1 Å². The van der Waals surface area contributed by atoms with Gasteiger partial charge in [-0.05, 0) is 37.3 Å². The highest BCUT2D eigenvalue weighted by atomic mass is 19.4. The molecule has 0 saturated heterocycles. The van der Waals surface area contributed by atoms with Gasteiger partial charge in [0, 0.05) is 41.0 Å². The summed E-state index contributed by atoms with van der Waals surface area (Å²) in [7, 11) is 0. The Morgan fingerprint density at radius 1 is 1.03 bits per heavy atom. The number of nitrogen functional groups attached to an aromatic ring is 1. The van der Waals surface area contributed by atoms with E-state index in [2.05, 4.69) is 4.98 Å². The molecule has 5 nitrogen and oxygen atoms in total. The van der Waals surface area contributed by atoms with Crippen LogP contribution in [0.2, 0.25) is 0 Å². The SMILES string of the molecule is Cc1cnc2c(N)c(-c3cccn4c(C(=O)c5cc(F)c(F)c(F)c5)ccc34)c(C(F)(F)F)cn12. The Balaban J connectivity index is 1.75. The topological polar surface area (TPSA) is 64.8 Å². The molecule has 0 atom stereocenters. The molecule has 0 fully saturated rings. The van der Waals surface area contributed by atoms with Crippen LogP contribution in [0.25, 0.3) is 22.3 Å². The summed E-state index contributed by atoms with van der Waals surface area (Å²) in [6, 6.07) is 6.61.